The number of aromatic nitrogens is 2. The fraction of sp³-hybridized carbons (Fsp3) is 0.100. The fourth-order valence-electron chi connectivity index (χ4n) is 1.30. The minimum absolute atomic E-state index is 0. The van der Waals surface area contributed by atoms with Gasteiger partial charge in [-0.15, -0.1) is 12.4 Å². The smallest absolute Gasteiger partial charge is 0.145 e. The lowest BCUT2D eigenvalue weighted by Gasteiger charge is -2.01. The Balaban J connectivity index is 0.00000112. The molecule has 0 amide bonds. The minimum Gasteiger partial charge on any atom is -0.382 e. The lowest BCUT2D eigenvalue weighted by molar-refractivity contribution is 1.10. The summed E-state index contributed by atoms with van der Waals surface area (Å²) in [5.41, 5.74) is 8.88. The van der Waals surface area contributed by atoms with Gasteiger partial charge in [-0.05, 0) is 52.8 Å². The average Bonchev–Trinajstić information content (AvgIpc) is 2.57. The van der Waals surface area contributed by atoms with Gasteiger partial charge in [0.05, 0.1) is 5.69 Å². The van der Waals surface area contributed by atoms with E-state index in [0.29, 0.717) is 5.82 Å². The largest absolute Gasteiger partial charge is 0.382 e. The van der Waals surface area contributed by atoms with E-state index in [1.54, 1.807) is 0 Å². The first-order valence-corrected chi connectivity index (χ1v) is 5.32. The molecule has 80 valence electrons. The van der Waals surface area contributed by atoms with Crippen LogP contribution >= 0.6 is 35.0 Å². The van der Waals surface area contributed by atoms with Crippen LogP contribution in [0.2, 0.25) is 0 Å². The second-order valence-corrected chi connectivity index (χ2v) is 4.33. The number of nitrogens with zero attached hydrogens (tertiary/aromatic N) is 1. The lowest BCUT2D eigenvalue weighted by atomic mass is 10.1. The van der Waals surface area contributed by atoms with E-state index in [-0.39, 0.29) is 12.4 Å². The van der Waals surface area contributed by atoms with E-state index in [2.05, 4.69) is 57.9 Å². The van der Waals surface area contributed by atoms with Crippen molar-refractivity contribution < 1.29 is 0 Å². The molecule has 0 fully saturated rings. The van der Waals surface area contributed by atoms with Crippen LogP contribution in [0.1, 0.15) is 5.56 Å². The molecule has 1 aromatic heterocycles. The molecule has 0 unspecified atom stereocenters. The van der Waals surface area contributed by atoms with Gasteiger partial charge in [-0.2, -0.15) is 5.10 Å². The molecule has 3 N–H and O–H groups in total. The van der Waals surface area contributed by atoms with Crippen molar-refractivity contribution in [2.45, 2.75) is 6.92 Å². The zero-order chi connectivity index (χ0) is 10.1. The van der Waals surface area contributed by atoms with Crippen molar-refractivity contribution in [3.05, 3.63) is 33.4 Å². The molecule has 2 rings (SSSR count). The van der Waals surface area contributed by atoms with Crippen LogP contribution in [0, 0.1) is 10.5 Å². The number of halogens is 2. The maximum Gasteiger partial charge on any atom is 0.145 e. The molecule has 0 aliphatic rings. The van der Waals surface area contributed by atoms with Crippen LogP contribution < -0.4 is 5.73 Å². The zero-order valence-electron chi connectivity index (χ0n) is 8.12. The van der Waals surface area contributed by atoms with Gasteiger partial charge in [0.2, 0.25) is 0 Å². The summed E-state index contributed by atoms with van der Waals surface area (Å²) in [6, 6.07) is 8.10. The van der Waals surface area contributed by atoms with Crippen molar-refractivity contribution >= 4 is 40.8 Å². The van der Waals surface area contributed by atoms with Crippen LogP contribution in [-0.2, 0) is 0 Å². The van der Waals surface area contributed by atoms with Gasteiger partial charge in [-0.25, -0.2) is 0 Å². The van der Waals surface area contributed by atoms with E-state index in [1.807, 2.05) is 6.07 Å². The highest BCUT2D eigenvalue weighted by Crippen LogP contribution is 2.22. The van der Waals surface area contributed by atoms with E-state index in [9.17, 15) is 0 Å². The molecule has 0 spiro atoms. The number of nitrogens with one attached hydrogen (secondary N) is 1. The number of benzene rings is 1. The molecule has 3 nitrogen and oxygen atoms in total. The van der Waals surface area contributed by atoms with Crippen LogP contribution in [0.25, 0.3) is 11.3 Å². The Labute approximate surface area is 108 Å². The normalized spacial score (nSPS) is 9.73. The van der Waals surface area contributed by atoms with Crippen LogP contribution in [-0.4, -0.2) is 10.2 Å². The first-order chi connectivity index (χ1) is 6.66. The van der Waals surface area contributed by atoms with Crippen LogP contribution in [0.4, 0.5) is 5.82 Å². The Bertz CT molecular complexity index is 467. The van der Waals surface area contributed by atoms with Crippen molar-refractivity contribution in [1.82, 2.24) is 10.2 Å². The summed E-state index contributed by atoms with van der Waals surface area (Å²) < 4.78 is 1.26. The minimum atomic E-state index is 0. The standard InChI is InChI=1S/C10H10IN3.ClH/c1-6-4-7(2-3-8(6)11)9-5-10(12)14-13-9;/h2-5H,1H3,(H3,12,13,14);1H. The van der Waals surface area contributed by atoms with Gasteiger partial charge in [0, 0.05) is 9.64 Å². The van der Waals surface area contributed by atoms with Gasteiger partial charge in [0.25, 0.3) is 0 Å². The topological polar surface area (TPSA) is 54.7 Å². The summed E-state index contributed by atoms with van der Waals surface area (Å²) in [6.45, 7) is 2.09. The highest BCUT2D eigenvalue weighted by molar-refractivity contribution is 14.1. The molecule has 0 saturated heterocycles. The number of anilines is 1. The van der Waals surface area contributed by atoms with E-state index >= 15 is 0 Å². The molecule has 1 heterocycles. The monoisotopic (exact) mass is 335 g/mol. The zero-order valence-corrected chi connectivity index (χ0v) is 11.1. The predicted molar refractivity (Wildman–Crippen MR) is 73.1 cm³/mol. The molecular weight excluding hydrogens is 324 g/mol. The van der Waals surface area contributed by atoms with E-state index in [4.69, 9.17) is 5.73 Å². The first-order valence-electron chi connectivity index (χ1n) is 4.24. The molecule has 0 aliphatic heterocycles. The second-order valence-electron chi connectivity index (χ2n) is 3.17. The van der Waals surface area contributed by atoms with Crippen molar-refractivity contribution in [3.63, 3.8) is 0 Å². The van der Waals surface area contributed by atoms with Crippen LogP contribution in [0.15, 0.2) is 24.3 Å². The Morgan fingerprint density at radius 2 is 2.07 bits per heavy atom. The van der Waals surface area contributed by atoms with Gasteiger partial charge >= 0.3 is 0 Å². The van der Waals surface area contributed by atoms with E-state index in [1.165, 1.54) is 9.13 Å². The Morgan fingerprint density at radius 3 is 2.60 bits per heavy atom. The molecule has 0 saturated carbocycles. The first kappa shape index (κ1) is 12.3. The lowest BCUT2D eigenvalue weighted by Crippen LogP contribution is -1.83. The van der Waals surface area contributed by atoms with Crippen molar-refractivity contribution in [2.75, 3.05) is 5.73 Å². The SMILES string of the molecule is Cc1cc(-c2cc(N)n[nH]2)ccc1I.Cl. The molecule has 0 radical (unpaired) electrons. The summed E-state index contributed by atoms with van der Waals surface area (Å²) in [5.74, 6) is 0.524. The van der Waals surface area contributed by atoms with Gasteiger partial charge in [0.15, 0.2) is 0 Å². The Kier molecular flexibility index (Phi) is 3.98. The van der Waals surface area contributed by atoms with E-state index in [0.717, 1.165) is 11.3 Å². The molecule has 1 aromatic carbocycles. The van der Waals surface area contributed by atoms with Crippen molar-refractivity contribution in [2.24, 2.45) is 0 Å². The van der Waals surface area contributed by atoms with Gasteiger partial charge < -0.3 is 5.73 Å². The summed E-state index contributed by atoms with van der Waals surface area (Å²) in [4.78, 5) is 0. The molecule has 2 aromatic rings. The number of aromatic amines is 1. The molecular formula is C10H11ClIN3. The third kappa shape index (κ3) is 2.63. The van der Waals surface area contributed by atoms with Gasteiger partial charge in [0.1, 0.15) is 5.82 Å². The molecule has 5 heteroatoms. The van der Waals surface area contributed by atoms with Gasteiger partial charge in [-0.3, -0.25) is 5.10 Å². The van der Waals surface area contributed by atoms with E-state index < -0.39 is 0 Å². The fourth-order valence-corrected chi connectivity index (χ4v) is 1.63. The molecule has 15 heavy (non-hydrogen) atoms. The second kappa shape index (κ2) is 4.85. The number of nitrogen functional groups attached to an aromatic ring is 1. The maximum atomic E-state index is 5.54. The maximum absolute atomic E-state index is 5.54. The third-order valence-electron chi connectivity index (χ3n) is 2.07. The number of aryl methyl sites for hydroxylation is 1. The number of nitrogens with two attached hydrogens (primary N) is 1. The summed E-state index contributed by atoms with van der Waals surface area (Å²) >= 11 is 2.32. The number of H-pyrrole nitrogens is 1. The third-order valence-corrected chi connectivity index (χ3v) is 3.28. The predicted octanol–water partition coefficient (Wildman–Crippen LogP) is 2.99. The number of hydrogen-bond acceptors (Lipinski definition) is 2. The highest BCUT2D eigenvalue weighted by Gasteiger charge is 2.02. The van der Waals surface area contributed by atoms with Crippen molar-refractivity contribution in [1.29, 1.82) is 0 Å². The highest BCUT2D eigenvalue weighted by atomic mass is 127. The quantitative estimate of drug-likeness (QED) is 0.787. The van der Waals surface area contributed by atoms with Crippen molar-refractivity contribution in [3.8, 4) is 11.3 Å². The summed E-state index contributed by atoms with van der Waals surface area (Å²) in [7, 11) is 0. The Morgan fingerprint density at radius 1 is 1.33 bits per heavy atom. The molecule has 0 bridgehead atoms. The summed E-state index contributed by atoms with van der Waals surface area (Å²) in [6.07, 6.45) is 0. The molecule has 0 atom stereocenters. The molecule has 0 aliphatic carbocycles. The number of hydrogen-bond donors (Lipinski definition) is 2. The number of rotatable bonds is 1. The summed E-state index contributed by atoms with van der Waals surface area (Å²) in [5, 5.41) is 6.79. The Hall–Kier alpha value is -0.750. The van der Waals surface area contributed by atoms with Crippen LogP contribution in [0.3, 0.4) is 0 Å². The van der Waals surface area contributed by atoms with Crippen LogP contribution in [0.5, 0.6) is 0 Å². The average molecular weight is 336 g/mol. The van der Waals surface area contributed by atoms with Gasteiger partial charge in [-0.1, -0.05) is 6.07 Å².